The number of hydrogen-bond donors (Lipinski definition) is 1. The molecule has 19 heavy (non-hydrogen) atoms. The molecule has 0 unspecified atom stereocenters. The van der Waals surface area contributed by atoms with Crippen molar-refractivity contribution in [3.05, 3.63) is 12.2 Å². The van der Waals surface area contributed by atoms with Crippen LogP contribution in [0.1, 0.15) is 34.1 Å². The molecule has 0 fully saturated rings. The Bertz CT molecular complexity index is 420. The summed E-state index contributed by atoms with van der Waals surface area (Å²) in [4.78, 5) is 40.1. The summed E-state index contributed by atoms with van der Waals surface area (Å²) in [6, 6.07) is 0. The molecular formula is C13H20N2O4. The maximum Gasteiger partial charge on any atom is 0.329 e. The molecule has 0 atom stereocenters. The Morgan fingerprint density at radius 2 is 1.68 bits per heavy atom. The molecular weight excluding hydrogens is 248 g/mol. The van der Waals surface area contributed by atoms with Gasteiger partial charge in [-0.25, -0.2) is 4.79 Å². The summed E-state index contributed by atoms with van der Waals surface area (Å²) in [7, 11) is 0. The Kier molecular flexibility index (Phi) is 4.15. The topological polar surface area (TPSA) is 89.7 Å². The molecule has 2 amide bonds. The normalized spacial score (nSPS) is 16.2. The van der Waals surface area contributed by atoms with Crippen molar-refractivity contribution in [3.8, 4) is 0 Å². The van der Waals surface area contributed by atoms with Crippen molar-refractivity contribution in [3.63, 3.8) is 0 Å². The van der Waals surface area contributed by atoms with Crippen molar-refractivity contribution in [1.29, 1.82) is 0 Å². The highest BCUT2D eigenvalue weighted by Crippen LogP contribution is 2.35. The lowest BCUT2D eigenvalue weighted by Crippen LogP contribution is -2.42. The van der Waals surface area contributed by atoms with Gasteiger partial charge in [-0.05, 0) is 25.7 Å². The second-order valence-corrected chi connectivity index (χ2v) is 6.23. The smallest absolute Gasteiger partial charge is 0.329 e. The third kappa shape index (κ3) is 3.64. The summed E-state index contributed by atoms with van der Waals surface area (Å²) in [5, 5.41) is 0. The summed E-state index contributed by atoms with van der Waals surface area (Å²) in [6.07, 6.45) is 2.93. The molecule has 2 N–H and O–H groups in total. The summed E-state index contributed by atoms with van der Waals surface area (Å²) in [5.41, 5.74) is -1.20. The molecule has 106 valence electrons. The van der Waals surface area contributed by atoms with Crippen molar-refractivity contribution in [2.75, 3.05) is 6.54 Å². The highest BCUT2D eigenvalue weighted by atomic mass is 16.7. The average Bonchev–Trinajstić information content (AvgIpc) is 2.57. The molecule has 0 aliphatic carbocycles. The summed E-state index contributed by atoms with van der Waals surface area (Å²) >= 11 is 0. The molecule has 0 spiro atoms. The first-order valence-corrected chi connectivity index (χ1v) is 6.04. The van der Waals surface area contributed by atoms with Crippen LogP contribution in [-0.4, -0.2) is 29.2 Å². The fourth-order valence-electron chi connectivity index (χ4n) is 2.50. The molecule has 1 rings (SSSR count). The number of carbonyl (C=O) groups excluding carboxylic acids is 3. The SMILES string of the molecule is CC(C)(CN1C(=O)C=CC1=O)CC(C)(C)C(=O)ON. The number of carbonyl (C=O) groups is 3. The highest BCUT2D eigenvalue weighted by Gasteiger charge is 2.38. The molecule has 6 heteroatoms. The molecule has 6 nitrogen and oxygen atoms in total. The number of imide groups is 1. The first-order chi connectivity index (χ1) is 8.59. The standard InChI is InChI=1S/C13H20N2O4/c1-12(2,7-13(3,4)11(18)19-14)8-15-9(16)5-6-10(15)17/h5-6H,7-8,14H2,1-4H3. The van der Waals surface area contributed by atoms with Gasteiger partial charge in [-0.3, -0.25) is 14.5 Å². The first-order valence-electron chi connectivity index (χ1n) is 6.04. The Morgan fingerprint density at radius 3 is 2.11 bits per heavy atom. The van der Waals surface area contributed by atoms with Crippen LogP contribution in [-0.2, 0) is 19.2 Å². The van der Waals surface area contributed by atoms with Crippen molar-refractivity contribution < 1.29 is 19.2 Å². The van der Waals surface area contributed by atoms with Crippen molar-refractivity contribution in [2.24, 2.45) is 16.7 Å². The van der Waals surface area contributed by atoms with E-state index in [1.165, 1.54) is 17.1 Å². The molecule has 0 radical (unpaired) electrons. The third-order valence-corrected chi connectivity index (χ3v) is 3.07. The van der Waals surface area contributed by atoms with Gasteiger partial charge in [0.2, 0.25) is 0 Å². The van der Waals surface area contributed by atoms with Crippen LogP contribution < -0.4 is 5.90 Å². The molecule has 1 aliphatic heterocycles. The van der Waals surface area contributed by atoms with E-state index in [1.807, 2.05) is 13.8 Å². The lowest BCUT2D eigenvalue weighted by molar-refractivity contribution is -0.156. The van der Waals surface area contributed by atoms with Crippen LogP contribution in [0.4, 0.5) is 0 Å². The van der Waals surface area contributed by atoms with Gasteiger partial charge in [0.1, 0.15) is 0 Å². The van der Waals surface area contributed by atoms with E-state index in [9.17, 15) is 14.4 Å². The Hall–Kier alpha value is -1.69. The van der Waals surface area contributed by atoms with E-state index in [1.54, 1.807) is 13.8 Å². The van der Waals surface area contributed by atoms with E-state index in [4.69, 9.17) is 5.90 Å². The number of rotatable bonds is 5. The maximum absolute atomic E-state index is 11.6. The first kappa shape index (κ1) is 15.4. The van der Waals surface area contributed by atoms with Gasteiger partial charge in [-0.1, -0.05) is 13.8 Å². The third-order valence-electron chi connectivity index (χ3n) is 3.07. The van der Waals surface area contributed by atoms with Crippen LogP contribution in [0.2, 0.25) is 0 Å². The number of nitrogens with zero attached hydrogens (tertiary/aromatic N) is 1. The fraction of sp³-hybridized carbons (Fsp3) is 0.615. The number of nitrogens with two attached hydrogens (primary N) is 1. The lowest BCUT2D eigenvalue weighted by atomic mass is 9.75. The second-order valence-electron chi connectivity index (χ2n) is 6.23. The van der Waals surface area contributed by atoms with Gasteiger partial charge in [-0.15, -0.1) is 0 Å². The lowest BCUT2D eigenvalue weighted by Gasteiger charge is -2.35. The zero-order valence-corrected chi connectivity index (χ0v) is 11.7. The van der Waals surface area contributed by atoms with Crippen LogP contribution in [0.5, 0.6) is 0 Å². The summed E-state index contributed by atoms with van der Waals surface area (Å²) in [6.45, 7) is 7.46. The molecule has 0 aromatic carbocycles. The minimum absolute atomic E-state index is 0.249. The molecule has 0 aromatic heterocycles. The van der Waals surface area contributed by atoms with Gasteiger partial charge < -0.3 is 4.84 Å². The summed E-state index contributed by atoms with van der Waals surface area (Å²) in [5.74, 6) is 3.75. The van der Waals surface area contributed by atoms with Crippen molar-refractivity contribution in [2.45, 2.75) is 34.1 Å². The Balaban J connectivity index is 2.74. The van der Waals surface area contributed by atoms with E-state index in [-0.39, 0.29) is 18.4 Å². The molecule has 0 saturated heterocycles. The van der Waals surface area contributed by atoms with Gasteiger partial charge in [0.05, 0.1) is 5.41 Å². The zero-order chi connectivity index (χ0) is 14.8. The van der Waals surface area contributed by atoms with E-state index < -0.39 is 16.8 Å². The van der Waals surface area contributed by atoms with Gasteiger partial charge in [-0.2, -0.15) is 5.90 Å². The highest BCUT2D eigenvalue weighted by molar-refractivity contribution is 6.12. The van der Waals surface area contributed by atoms with Crippen LogP contribution >= 0.6 is 0 Å². The Morgan fingerprint density at radius 1 is 1.21 bits per heavy atom. The zero-order valence-electron chi connectivity index (χ0n) is 11.7. The van der Waals surface area contributed by atoms with Gasteiger partial charge >= 0.3 is 5.97 Å². The van der Waals surface area contributed by atoms with Crippen LogP contribution in [0.15, 0.2) is 12.2 Å². The minimum Gasteiger partial charge on any atom is -0.373 e. The monoisotopic (exact) mass is 268 g/mol. The minimum atomic E-state index is -0.780. The number of amides is 2. The molecule has 0 aromatic rings. The van der Waals surface area contributed by atoms with E-state index in [0.29, 0.717) is 6.42 Å². The van der Waals surface area contributed by atoms with Crippen molar-refractivity contribution >= 4 is 17.8 Å². The maximum atomic E-state index is 11.6. The average molecular weight is 268 g/mol. The summed E-state index contributed by atoms with van der Waals surface area (Å²) < 4.78 is 0. The van der Waals surface area contributed by atoms with Crippen LogP contribution in [0, 0.1) is 10.8 Å². The van der Waals surface area contributed by atoms with Gasteiger partial charge in [0.15, 0.2) is 0 Å². The van der Waals surface area contributed by atoms with E-state index in [2.05, 4.69) is 4.84 Å². The van der Waals surface area contributed by atoms with Gasteiger partial charge in [0.25, 0.3) is 11.8 Å². The second kappa shape index (κ2) is 5.13. The van der Waals surface area contributed by atoms with Gasteiger partial charge in [0, 0.05) is 18.7 Å². The van der Waals surface area contributed by atoms with Crippen LogP contribution in [0.25, 0.3) is 0 Å². The van der Waals surface area contributed by atoms with E-state index in [0.717, 1.165) is 0 Å². The molecule has 1 aliphatic rings. The quantitative estimate of drug-likeness (QED) is 0.587. The van der Waals surface area contributed by atoms with Crippen molar-refractivity contribution in [1.82, 2.24) is 4.90 Å². The van der Waals surface area contributed by atoms with Crippen LogP contribution in [0.3, 0.4) is 0 Å². The van der Waals surface area contributed by atoms with E-state index >= 15 is 0 Å². The Labute approximate surface area is 112 Å². The molecule has 1 heterocycles. The number of hydrogen-bond acceptors (Lipinski definition) is 5. The molecule has 0 saturated carbocycles. The predicted octanol–water partition coefficient (Wildman–Crippen LogP) is 0.771. The fourth-order valence-corrected chi connectivity index (χ4v) is 2.50. The largest absolute Gasteiger partial charge is 0.373 e. The molecule has 0 bridgehead atoms. The predicted molar refractivity (Wildman–Crippen MR) is 68.3 cm³/mol.